The quantitative estimate of drug-likeness (QED) is 0.844. The zero-order chi connectivity index (χ0) is 14.6. The molecule has 6 heteroatoms. The summed E-state index contributed by atoms with van der Waals surface area (Å²) in [6.07, 6.45) is 6.64. The number of nitrogens with one attached hydrogen (secondary N) is 1. The number of aromatic nitrogens is 2. The highest BCUT2D eigenvalue weighted by Crippen LogP contribution is 2.26. The minimum atomic E-state index is -0.717. The van der Waals surface area contributed by atoms with Crippen molar-refractivity contribution in [1.29, 1.82) is 0 Å². The second kappa shape index (κ2) is 6.37. The lowest BCUT2D eigenvalue weighted by molar-refractivity contribution is -0.122. The summed E-state index contributed by atoms with van der Waals surface area (Å²) in [7, 11) is 4.04. The summed E-state index contributed by atoms with van der Waals surface area (Å²) in [5.41, 5.74) is 5.49. The van der Waals surface area contributed by atoms with Crippen molar-refractivity contribution in [2.75, 3.05) is 26.0 Å². The third kappa shape index (κ3) is 3.80. The summed E-state index contributed by atoms with van der Waals surface area (Å²) >= 11 is 0. The van der Waals surface area contributed by atoms with Crippen molar-refractivity contribution in [2.24, 2.45) is 5.73 Å². The Bertz CT molecular complexity index is 448. The van der Waals surface area contributed by atoms with Crippen LogP contribution in [0, 0.1) is 0 Å². The number of hydrogen-bond donors (Lipinski definition) is 2. The monoisotopic (exact) mass is 279 g/mol. The van der Waals surface area contributed by atoms with Crippen LogP contribution in [0.2, 0.25) is 0 Å². The number of amides is 1. The van der Waals surface area contributed by atoms with E-state index >= 15 is 0 Å². The molecule has 3 N–H and O–H groups in total. The van der Waals surface area contributed by atoms with Gasteiger partial charge in [-0.05, 0) is 26.9 Å². The average Bonchev–Trinajstić information content (AvgIpc) is 2.85. The van der Waals surface area contributed by atoms with E-state index in [1.807, 2.05) is 31.0 Å². The summed E-state index contributed by atoms with van der Waals surface area (Å²) in [6.45, 7) is 1.71. The third-order valence-corrected chi connectivity index (χ3v) is 3.86. The fraction of sp³-hybridized carbons (Fsp3) is 0.714. The number of carbonyl (C=O) groups excluding carboxylic acids is 1. The molecule has 1 heterocycles. The second-order valence-corrected chi connectivity index (χ2v) is 5.94. The molecule has 1 aliphatic rings. The molecule has 0 spiro atoms. The van der Waals surface area contributed by atoms with Gasteiger partial charge in [0.1, 0.15) is 0 Å². The summed E-state index contributed by atoms with van der Waals surface area (Å²) in [5.74, 6) is 0.485. The molecule has 0 atom stereocenters. The van der Waals surface area contributed by atoms with E-state index in [0.29, 0.717) is 5.82 Å². The van der Waals surface area contributed by atoms with E-state index in [1.54, 1.807) is 0 Å². The van der Waals surface area contributed by atoms with Crippen molar-refractivity contribution in [2.45, 2.75) is 44.2 Å². The molecule has 0 bridgehead atoms. The van der Waals surface area contributed by atoms with E-state index in [9.17, 15) is 4.79 Å². The molecule has 112 valence electrons. The van der Waals surface area contributed by atoms with Gasteiger partial charge in [0.2, 0.25) is 5.91 Å². The number of nitrogens with two attached hydrogens (primary N) is 1. The van der Waals surface area contributed by atoms with Gasteiger partial charge >= 0.3 is 0 Å². The minimum Gasteiger partial charge on any atom is -0.317 e. The fourth-order valence-electron chi connectivity index (χ4n) is 2.51. The molecule has 6 nitrogen and oxygen atoms in total. The molecule has 0 radical (unpaired) electrons. The SMILES string of the molecule is CN(C)CCn1ccc(NC(=O)C2(N)CCCCC2)n1. The number of rotatable bonds is 5. The predicted molar refractivity (Wildman–Crippen MR) is 79.4 cm³/mol. The minimum absolute atomic E-state index is 0.102. The summed E-state index contributed by atoms with van der Waals surface area (Å²) in [5, 5.41) is 7.20. The second-order valence-electron chi connectivity index (χ2n) is 5.94. The Morgan fingerprint density at radius 1 is 1.45 bits per heavy atom. The Morgan fingerprint density at radius 2 is 2.15 bits per heavy atom. The van der Waals surface area contributed by atoms with Gasteiger partial charge in [0.25, 0.3) is 0 Å². The van der Waals surface area contributed by atoms with Crippen molar-refractivity contribution in [3.8, 4) is 0 Å². The van der Waals surface area contributed by atoms with E-state index in [-0.39, 0.29) is 5.91 Å². The zero-order valence-corrected chi connectivity index (χ0v) is 12.4. The lowest BCUT2D eigenvalue weighted by Crippen LogP contribution is -2.52. The highest BCUT2D eigenvalue weighted by molar-refractivity contribution is 5.97. The Balaban J connectivity index is 1.91. The Morgan fingerprint density at radius 3 is 2.80 bits per heavy atom. The Kier molecular flexibility index (Phi) is 4.77. The highest BCUT2D eigenvalue weighted by Gasteiger charge is 2.35. The number of likely N-dealkylation sites (N-methyl/N-ethyl adjacent to an activating group) is 1. The predicted octanol–water partition coefficient (Wildman–Crippen LogP) is 1.04. The van der Waals surface area contributed by atoms with Crippen LogP contribution in [0.3, 0.4) is 0 Å². The molecular formula is C14H25N5O. The maximum Gasteiger partial charge on any atom is 0.245 e. The van der Waals surface area contributed by atoms with Crippen LogP contribution in [-0.4, -0.2) is 46.8 Å². The molecule has 0 saturated heterocycles. The van der Waals surface area contributed by atoms with Gasteiger partial charge < -0.3 is 16.0 Å². The first-order valence-electron chi connectivity index (χ1n) is 7.28. The maximum absolute atomic E-state index is 12.3. The first-order valence-corrected chi connectivity index (χ1v) is 7.28. The zero-order valence-electron chi connectivity index (χ0n) is 12.4. The van der Waals surface area contributed by atoms with Gasteiger partial charge in [-0.25, -0.2) is 0 Å². The molecule has 2 rings (SSSR count). The van der Waals surface area contributed by atoms with Gasteiger partial charge in [-0.15, -0.1) is 0 Å². The molecule has 1 saturated carbocycles. The van der Waals surface area contributed by atoms with Crippen LogP contribution >= 0.6 is 0 Å². The molecule has 20 heavy (non-hydrogen) atoms. The van der Waals surface area contributed by atoms with Crippen LogP contribution in [0.25, 0.3) is 0 Å². The fourth-order valence-corrected chi connectivity index (χ4v) is 2.51. The highest BCUT2D eigenvalue weighted by atomic mass is 16.2. The number of anilines is 1. The van der Waals surface area contributed by atoms with E-state index < -0.39 is 5.54 Å². The van der Waals surface area contributed by atoms with Gasteiger partial charge in [-0.3, -0.25) is 9.48 Å². The number of nitrogens with zero attached hydrogens (tertiary/aromatic N) is 3. The molecule has 1 amide bonds. The average molecular weight is 279 g/mol. The summed E-state index contributed by atoms with van der Waals surface area (Å²) in [4.78, 5) is 14.4. The molecule has 1 fully saturated rings. The normalized spacial score (nSPS) is 18.2. The van der Waals surface area contributed by atoms with Gasteiger partial charge in [0.15, 0.2) is 5.82 Å². The van der Waals surface area contributed by atoms with Crippen LogP contribution in [0.5, 0.6) is 0 Å². The largest absolute Gasteiger partial charge is 0.317 e. The Hall–Kier alpha value is -1.40. The molecule has 0 aliphatic heterocycles. The molecule has 0 unspecified atom stereocenters. The third-order valence-electron chi connectivity index (χ3n) is 3.86. The van der Waals surface area contributed by atoms with Gasteiger partial charge in [0.05, 0.1) is 12.1 Å². The number of hydrogen-bond acceptors (Lipinski definition) is 4. The van der Waals surface area contributed by atoms with Crippen LogP contribution < -0.4 is 11.1 Å². The molecule has 1 aromatic rings. The first-order chi connectivity index (χ1) is 9.49. The van der Waals surface area contributed by atoms with Crippen molar-refractivity contribution < 1.29 is 4.79 Å². The molecule has 0 aromatic carbocycles. The number of carbonyl (C=O) groups is 1. The van der Waals surface area contributed by atoms with Crippen molar-refractivity contribution in [1.82, 2.24) is 14.7 Å². The van der Waals surface area contributed by atoms with Gasteiger partial charge in [0, 0.05) is 18.8 Å². The molecule has 1 aromatic heterocycles. The van der Waals surface area contributed by atoms with Crippen molar-refractivity contribution in [3.63, 3.8) is 0 Å². The van der Waals surface area contributed by atoms with Crippen LogP contribution in [0.15, 0.2) is 12.3 Å². The van der Waals surface area contributed by atoms with Crippen molar-refractivity contribution in [3.05, 3.63) is 12.3 Å². The summed E-state index contributed by atoms with van der Waals surface area (Å²) in [6, 6.07) is 1.82. The lowest BCUT2D eigenvalue weighted by Gasteiger charge is -2.31. The van der Waals surface area contributed by atoms with E-state index in [4.69, 9.17) is 5.73 Å². The first kappa shape index (κ1) is 15.0. The molecule has 1 aliphatic carbocycles. The topological polar surface area (TPSA) is 76.2 Å². The van der Waals surface area contributed by atoms with Crippen LogP contribution in [-0.2, 0) is 11.3 Å². The Labute approximate surface area is 120 Å². The molecular weight excluding hydrogens is 254 g/mol. The lowest BCUT2D eigenvalue weighted by atomic mass is 9.82. The van der Waals surface area contributed by atoms with Gasteiger partial charge in [-0.2, -0.15) is 5.10 Å². The van der Waals surface area contributed by atoms with E-state index in [1.165, 1.54) is 6.42 Å². The standard InChI is InChI=1S/C14H25N5O/c1-18(2)10-11-19-9-6-12(17-19)16-13(20)14(15)7-4-3-5-8-14/h6,9H,3-5,7-8,10-11,15H2,1-2H3,(H,16,17,20). The van der Waals surface area contributed by atoms with Crippen LogP contribution in [0.4, 0.5) is 5.82 Å². The smallest absolute Gasteiger partial charge is 0.245 e. The van der Waals surface area contributed by atoms with Crippen LogP contribution in [0.1, 0.15) is 32.1 Å². The van der Waals surface area contributed by atoms with E-state index in [2.05, 4.69) is 15.3 Å². The van der Waals surface area contributed by atoms with Crippen molar-refractivity contribution >= 4 is 11.7 Å². The van der Waals surface area contributed by atoms with E-state index in [0.717, 1.165) is 38.8 Å². The van der Waals surface area contributed by atoms with Gasteiger partial charge in [-0.1, -0.05) is 19.3 Å². The summed E-state index contributed by atoms with van der Waals surface area (Å²) < 4.78 is 1.83. The maximum atomic E-state index is 12.3.